The summed E-state index contributed by atoms with van der Waals surface area (Å²) in [4.78, 5) is 45.1. The lowest BCUT2D eigenvalue weighted by atomic mass is 10.1. The van der Waals surface area contributed by atoms with Gasteiger partial charge in [-0.25, -0.2) is 4.79 Å². The third kappa shape index (κ3) is 5.25. The predicted octanol–water partition coefficient (Wildman–Crippen LogP) is -0.836. The molecular weight excluding hydrogens is 278 g/mol. The number of carboxylic acid groups (broad SMARTS) is 1. The molecule has 0 saturated heterocycles. The Morgan fingerprint density at radius 3 is 2.67 bits per heavy atom. The third-order valence-electron chi connectivity index (χ3n) is 3.07. The summed E-state index contributed by atoms with van der Waals surface area (Å²) in [5, 5.41) is 11.2. The molecule has 1 amide bonds. The second kappa shape index (κ2) is 7.41. The summed E-state index contributed by atoms with van der Waals surface area (Å²) < 4.78 is 2.06. The molecule has 0 aromatic carbocycles. The molecule has 1 unspecified atom stereocenters. The van der Waals surface area contributed by atoms with E-state index in [1.54, 1.807) is 0 Å². The molecule has 1 rings (SSSR count). The number of aliphatic carboxylic acids is 1. The Labute approximate surface area is 121 Å². The Morgan fingerprint density at radius 1 is 1.38 bits per heavy atom. The zero-order valence-corrected chi connectivity index (χ0v) is 12.0. The number of amides is 1. The van der Waals surface area contributed by atoms with Gasteiger partial charge in [0.15, 0.2) is 0 Å². The Bertz CT molecular complexity index is 631. The van der Waals surface area contributed by atoms with E-state index in [1.165, 1.54) is 19.3 Å². The standard InChI is InChI=1S/C13H19N3O5/c1-9(3-4-12(19)20)7-14-10(17)8-16-6-5-11(18)15(2)13(16)21/h5-6,9H,3-4,7-8H2,1-2H3,(H,14,17)(H,19,20). The minimum absolute atomic E-state index is 0.0295. The quantitative estimate of drug-likeness (QED) is 0.682. The first-order valence-electron chi connectivity index (χ1n) is 6.56. The van der Waals surface area contributed by atoms with E-state index in [2.05, 4.69) is 5.32 Å². The van der Waals surface area contributed by atoms with Gasteiger partial charge in [-0.1, -0.05) is 6.92 Å². The molecule has 21 heavy (non-hydrogen) atoms. The molecule has 8 heteroatoms. The summed E-state index contributed by atoms with van der Waals surface area (Å²) in [5.41, 5.74) is -0.990. The summed E-state index contributed by atoms with van der Waals surface area (Å²) in [6, 6.07) is 1.21. The monoisotopic (exact) mass is 297 g/mol. The minimum Gasteiger partial charge on any atom is -0.481 e. The van der Waals surface area contributed by atoms with E-state index in [-0.39, 0.29) is 24.8 Å². The van der Waals surface area contributed by atoms with E-state index in [0.717, 1.165) is 9.13 Å². The molecule has 8 nitrogen and oxygen atoms in total. The van der Waals surface area contributed by atoms with Gasteiger partial charge >= 0.3 is 11.7 Å². The average Bonchev–Trinajstić information content (AvgIpc) is 2.43. The van der Waals surface area contributed by atoms with Crippen LogP contribution in [-0.2, 0) is 23.2 Å². The van der Waals surface area contributed by atoms with Gasteiger partial charge in [-0.15, -0.1) is 0 Å². The Balaban J connectivity index is 2.51. The van der Waals surface area contributed by atoms with Crippen molar-refractivity contribution in [2.24, 2.45) is 13.0 Å². The summed E-state index contributed by atoms with van der Waals surface area (Å²) in [5.74, 6) is -1.20. The molecule has 1 aromatic heterocycles. The lowest BCUT2D eigenvalue weighted by Gasteiger charge is -2.12. The van der Waals surface area contributed by atoms with E-state index in [4.69, 9.17) is 5.11 Å². The van der Waals surface area contributed by atoms with Gasteiger partial charge in [0.1, 0.15) is 6.54 Å². The largest absolute Gasteiger partial charge is 0.481 e. The number of nitrogens with one attached hydrogen (secondary N) is 1. The van der Waals surface area contributed by atoms with Gasteiger partial charge in [-0.3, -0.25) is 23.5 Å². The smallest absolute Gasteiger partial charge is 0.331 e. The molecule has 116 valence electrons. The van der Waals surface area contributed by atoms with Crippen molar-refractivity contribution in [3.8, 4) is 0 Å². The number of carbonyl (C=O) groups excluding carboxylic acids is 1. The van der Waals surface area contributed by atoms with Gasteiger partial charge < -0.3 is 10.4 Å². The fourth-order valence-electron chi connectivity index (χ4n) is 1.71. The van der Waals surface area contributed by atoms with E-state index in [1.807, 2.05) is 6.92 Å². The second-order valence-corrected chi connectivity index (χ2v) is 4.97. The Kier molecular flexibility index (Phi) is 5.89. The van der Waals surface area contributed by atoms with Crippen molar-refractivity contribution < 1.29 is 14.7 Å². The van der Waals surface area contributed by atoms with Gasteiger partial charge in [0.25, 0.3) is 5.56 Å². The van der Waals surface area contributed by atoms with Crippen LogP contribution in [0.3, 0.4) is 0 Å². The number of carbonyl (C=O) groups is 2. The van der Waals surface area contributed by atoms with E-state index in [0.29, 0.717) is 13.0 Å². The fraction of sp³-hybridized carbons (Fsp3) is 0.538. The maximum atomic E-state index is 11.7. The van der Waals surface area contributed by atoms with Crippen LogP contribution in [0.25, 0.3) is 0 Å². The molecule has 0 aliphatic rings. The van der Waals surface area contributed by atoms with Crippen molar-refractivity contribution in [1.29, 1.82) is 0 Å². The highest BCUT2D eigenvalue weighted by molar-refractivity contribution is 5.75. The van der Waals surface area contributed by atoms with Crippen LogP contribution in [0.5, 0.6) is 0 Å². The summed E-state index contributed by atoms with van der Waals surface area (Å²) >= 11 is 0. The van der Waals surface area contributed by atoms with E-state index < -0.39 is 17.2 Å². The lowest BCUT2D eigenvalue weighted by molar-refractivity contribution is -0.137. The second-order valence-electron chi connectivity index (χ2n) is 4.97. The number of hydrogen-bond acceptors (Lipinski definition) is 4. The van der Waals surface area contributed by atoms with Crippen LogP contribution in [-0.4, -0.2) is 32.7 Å². The van der Waals surface area contributed by atoms with Gasteiger partial charge in [0.05, 0.1) is 0 Å². The average molecular weight is 297 g/mol. The van der Waals surface area contributed by atoms with Gasteiger partial charge in [-0.2, -0.15) is 0 Å². The molecule has 1 heterocycles. The van der Waals surface area contributed by atoms with E-state index >= 15 is 0 Å². The topological polar surface area (TPSA) is 110 Å². The van der Waals surface area contributed by atoms with Crippen LogP contribution in [0.1, 0.15) is 19.8 Å². The van der Waals surface area contributed by atoms with Crippen molar-refractivity contribution in [3.05, 3.63) is 33.1 Å². The van der Waals surface area contributed by atoms with Crippen LogP contribution in [0.4, 0.5) is 0 Å². The number of hydrogen-bond donors (Lipinski definition) is 2. The Morgan fingerprint density at radius 2 is 2.05 bits per heavy atom. The van der Waals surface area contributed by atoms with Crippen LogP contribution in [0.2, 0.25) is 0 Å². The van der Waals surface area contributed by atoms with Gasteiger partial charge in [0, 0.05) is 32.3 Å². The summed E-state index contributed by atoms with van der Waals surface area (Å²) in [6.07, 6.45) is 1.80. The molecule has 2 N–H and O–H groups in total. The van der Waals surface area contributed by atoms with Crippen LogP contribution >= 0.6 is 0 Å². The number of rotatable bonds is 7. The molecule has 0 saturated carbocycles. The molecule has 0 aliphatic carbocycles. The highest BCUT2D eigenvalue weighted by Gasteiger charge is 2.09. The van der Waals surface area contributed by atoms with Gasteiger partial charge in [0.2, 0.25) is 5.91 Å². The third-order valence-corrected chi connectivity index (χ3v) is 3.07. The molecule has 1 aromatic rings. The molecule has 0 bridgehead atoms. The van der Waals surface area contributed by atoms with Crippen LogP contribution < -0.4 is 16.6 Å². The lowest BCUT2D eigenvalue weighted by Crippen LogP contribution is -2.40. The Hall–Kier alpha value is -2.38. The summed E-state index contributed by atoms with van der Waals surface area (Å²) in [7, 11) is 1.34. The van der Waals surface area contributed by atoms with Crippen molar-refractivity contribution >= 4 is 11.9 Å². The van der Waals surface area contributed by atoms with E-state index in [9.17, 15) is 19.2 Å². The first kappa shape index (κ1) is 16.7. The molecule has 0 radical (unpaired) electrons. The predicted molar refractivity (Wildman–Crippen MR) is 75.0 cm³/mol. The van der Waals surface area contributed by atoms with Crippen molar-refractivity contribution in [3.63, 3.8) is 0 Å². The number of carboxylic acids is 1. The normalized spacial score (nSPS) is 11.9. The van der Waals surface area contributed by atoms with Gasteiger partial charge in [-0.05, 0) is 12.3 Å². The first-order valence-corrected chi connectivity index (χ1v) is 6.56. The van der Waals surface area contributed by atoms with Crippen LogP contribution in [0, 0.1) is 5.92 Å². The van der Waals surface area contributed by atoms with Crippen LogP contribution in [0.15, 0.2) is 21.9 Å². The number of nitrogens with zero attached hydrogens (tertiary/aromatic N) is 2. The minimum atomic E-state index is -0.870. The molecule has 0 fully saturated rings. The summed E-state index contributed by atoms with van der Waals surface area (Å²) in [6.45, 7) is 1.99. The highest BCUT2D eigenvalue weighted by Crippen LogP contribution is 2.03. The molecule has 1 atom stereocenters. The molecule has 0 aliphatic heterocycles. The zero-order valence-electron chi connectivity index (χ0n) is 12.0. The number of aromatic nitrogens is 2. The fourth-order valence-corrected chi connectivity index (χ4v) is 1.71. The first-order chi connectivity index (χ1) is 9.81. The maximum absolute atomic E-state index is 11.7. The maximum Gasteiger partial charge on any atom is 0.331 e. The SMILES string of the molecule is CC(CCC(=O)O)CNC(=O)Cn1ccc(=O)n(C)c1=O. The van der Waals surface area contributed by atoms with Crippen molar-refractivity contribution in [2.45, 2.75) is 26.3 Å². The zero-order chi connectivity index (χ0) is 16.0. The molecule has 0 spiro atoms. The van der Waals surface area contributed by atoms with Crippen molar-refractivity contribution in [1.82, 2.24) is 14.5 Å². The highest BCUT2D eigenvalue weighted by atomic mass is 16.4. The van der Waals surface area contributed by atoms with Crippen molar-refractivity contribution in [2.75, 3.05) is 6.54 Å². The molecular formula is C13H19N3O5.